The molecule has 0 radical (unpaired) electrons. The molecular formula is C27H32ClN3O5. The molecule has 2 atom stereocenters. The summed E-state index contributed by atoms with van der Waals surface area (Å²) in [5, 5.41) is 15.4. The summed E-state index contributed by atoms with van der Waals surface area (Å²) in [6.45, 7) is 7.72. The summed E-state index contributed by atoms with van der Waals surface area (Å²) in [4.78, 5) is 40.7. The van der Waals surface area contributed by atoms with Crippen molar-refractivity contribution in [1.82, 2.24) is 10.2 Å². The number of nitrogens with zero attached hydrogens (tertiary/aromatic N) is 1. The third kappa shape index (κ3) is 7.48. The van der Waals surface area contributed by atoms with Crippen LogP contribution in [0.1, 0.15) is 50.4 Å². The van der Waals surface area contributed by atoms with Crippen molar-refractivity contribution in [2.45, 2.75) is 52.3 Å². The van der Waals surface area contributed by atoms with Crippen LogP contribution in [0.3, 0.4) is 0 Å². The minimum Gasteiger partial charge on any atom is -0.444 e. The molecule has 0 aromatic heterocycles. The van der Waals surface area contributed by atoms with Crippen molar-refractivity contribution in [3.8, 4) is 12.3 Å². The number of anilines is 1. The van der Waals surface area contributed by atoms with Gasteiger partial charge in [-0.3, -0.25) is 9.59 Å². The number of hydrogen-bond acceptors (Lipinski definition) is 5. The van der Waals surface area contributed by atoms with Crippen LogP contribution in [0.25, 0.3) is 0 Å². The van der Waals surface area contributed by atoms with Crippen molar-refractivity contribution in [1.29, 1.82) is 0 Å². The first-order chi connectivity index (χ1) is 16.9. The van der Waals surface area contributed by atoms with E-state index < -0.39 is 42.2 Å². The molecule has 3 N–H and O–H groups in total. The van der Waals surface area contributed by atoms with Gasteiger partial charge in [-0.2, -0.15) is 0 Å². The lowest BCUT2D eigenvalue weighted by molar-refractivity contribution is -0.141. The van der Waals surface area contributed by atoms with Gasteiger partial charge in [0, 0.05) is 12.1 Å². The van der Waals surface area contributed by atoms with Crippen molar-refractivity contribution in [2.75, 3.05) is 18.5 Å². The van der Waals surface area contributed by atoms with E-state index in [2.05, 4.69) is 16.6 Å². The first-order valence-corrected chi connectivity index (χ1v) is 11.8. The molecule has 2 unspecified atom stereocenters. The molecule has 2 aromatic rings. The second-order valence-corrected chi connectivity index (χ2v) is 9.59. The number of amides is 3. The number of carbonyl (C=O) groups excluding carboxylic acids is 3. The zero-order valence-electron chi connectivity index (χ0n) is 21.1. The fraction of sp³-hybridized carbons (Fsp3) is 0.370. The number of hydrogen-bond donors (Lipinski definition) is 3. The number of halogens is 1. The van der Waals surface area contributed by atoms with E-state index in [-0.39, 0.29) is 6.54 Å². The van der Waals surface area contributed by atoms with Crippen LogP contribution in [-0.2, 0) is 14.3 Å². The fourth-order valence-corrected chi connectivity index (χ4v) is 3.84. The Hall–Kier alpha value is -3.54. The van der Waals surface area contributed by atoms with E-state index in [4.69, 9.17) is 22.8 Å². The van der Waals surface area contributed by atoms with Crippen LogP contribution in [0.4, 0.5) is 10.5 Å². The summed E-state index contributed by atoms with van der Waals surface area (Å²) in [6, 6.07) is 9.59. The average molecular weight is 514 g/mol. The Balaban J connectivity index is 2.50. The maximum atomic E-state index is 13.7. The van der Waals surface area contributed by atoms with Gasteiger partial charge in [0.25, 0.3) is 5.91 Å². The average Bonchev–Trinajstić information content (AvgIpc) is 2.79. The van der Waals surface area contributed by atoms with Gasteiger partial charge in [-0.1, -0.05) is 47.9 Å². The number of nitrogens with one attached hydrogen (secondary N) is 2. The smallest absolute Gasteiger partial charge is 0.408 e. The lowest BCUT2D eigenvalue weighted by Crippen LogP contribution is -2.52. The fourth-order valence-electron chi connectivity index (χ4n) is 3.57. The monoisotopic (exact) mass is 513 g/mol. The van der Waals surface area contributed by atoms with E-state index in [1.807, 2.05) is 0 Å². The first kappa shape index (κ1) is 28.7. The van der Waals surface area contributed by atoms with Gasteiger partial charge in [-0.05, 0) is 57.9 Å². The van der Waals surface area contributed by atoms with Crippen molar-refractivity contribution in [3.63, 3.8) is 0 Å². The van der Waals surface area contributed by atoms with Gasteiger partial charge in [-0.25, -0.2) is 4.79 Å². The molecule has 3 amide bonds. The van der Waals surface area contributed by atoms with E-state index in [0.717, 1.165) is 5.56 Å². The number of aliphatic hydroxyl groups is 1. The molecule has 2 rings (SSSR count). The van der Waals surface area contributed by atoms with E-state index in [1.165, 1.54) is 11.8 Å². The van der Waals surface area contributed by atoms with Crippen LogP contribution in [0.2, 0.25) is 5.02 Å². The minimum absolute atomic E-state index is 0.197. The van der Waals surface area contributed by atoms with Gasteiger partial charge < -0.3 is 25.4 Å². The quantitative estimate of drug-likeness (QED) is 0.462. The molecule has 0 saturated carbocycles. The Kier molecular flexibility index (Phi) is 9.91. The molecule has 0 spiro atoms. The van der Waals surface area contributed by atoms with Gasteiger partial charge >= 0.3 is 6.09 Å². The molecule has 0 saturated heterocycles. The summed E-state index contributed by atoms with van der Waals surface area (Å²) < 4.78 is 5.24. The summed E-state index contributed by atoms with van der Waals surface area (Å²) >= 11 is 6.32. The molecule has 0 bridgehead atoms. The molecule has 0 aliphatic heterocycles. The maximum Gasteiger partial charge on any atom is 0.408 e. The van der Waals surface area contributed by atoms with E-state index in [1.54, 1.807) is 70.2 Å². The predicted octanol–water partition coefficient (Wildman–Crippen LogP) is 4.04. The van der Waals surface area contributed by atoms with Gasteiger partial charge in [0.15, 0.2) is 0 Å². The number of aryl methyl sites for hydroxylation is 1. The predicted molar refractivity (Wildman–Crippen MR) is 140 cm³/mol. The van der Waals surface area contributed by atoms with Crippen molar-refractivity contribution < 1.29 is 24.2 Å². The van der Waals surface area contributed by atoms with Crippen LogP contribution in [0, 0.1) is 19.3 Å². The van der Waals surface area contributed by atoms with Crippen LogP contribution in [-0.4, -0.2) is 52.7 Å². The topological polar surface area (TPSA) is 108 Å². The maximum absolute atomic E-state index is 13.7. The van der Waals surface area contributed by atoms with Gasteiger partial charge in [0.05, 0.1) is 17.3 Å². The highest BCUT2D eigenvalue weighted by Crippen LogP contribution is 2.30. The number of aliphatic hydroxyl groups excluding tert-OH is 1. The SMILES string of the molecule is C#Cc1ccccc1C(C(=O)Nc1c(C)cccc1Cl)N(CCO)C(=O)C(C)NC(=O)OC(C)(C)C. The van der Waals surface area contributed by atoms with Crippen molar-refractivity contribution in [3.05, 3.63) is 64.2 Å². The number of benzene rings is 2. The van der Waals surface area contributed by atoms with Crippen LogP contribution in [0.15, 0.2) is 42.5 Å². The van der Waals surface area contributed by atoms with Crippen molar-refractivity contribution in [2.24, 2.45) is 0 Å². The molecule has 0 fully saturated rings. The molecule has 0 heterocycles. The zero-order valence-corrected chi connectivity index (χ0v) is 21.8. The third-order valence-electron chi connectivity index (χ3n) is 5.17. The molecule has 9 heteroatoms. The van der Waals surface area contributed by atoms with Gasteiger partial charge in [0.2, 0.25) is 5.91 Å². The number of carbonyl (C=O) groups is 3. The van der Waals surface area contributed by atoms with Crippen molar-refractivity contribution >= 4 is 35.2 Å². The summed E-state index contributed by atoms with van der Waals surface area (Å²) in [6.07, 6.45) is 4.91. The molecule has 0 aliphatic carbocycles. The highest BCUT2D eigenvalue weighted by atomic mass is 35.5. The molecule has 2 aromatic carbocycles. The first-order valence-electron chi connectivity index (χ1n) is 11.4. The normalized spacial score (nSPS) is 12.6. The molecular weight excluding hydrogens is 482 g/mol. The molecule has 0 aliphatic rings. The Bertz CT molecular complexity index is 1130. The highest BCUT2D eigenvalue weighted by molar-refractivity contribution is 6.34. The molecule has 192 valence electrons. The standard InChI is InChI=1S/C27H32ClN3O5/c1-7-19-12-8-9-13-20(19)23(24(33)30-22-17(2)11-10-14-21(22)28)31(15-16-32)25(34)18(3)29-26(35)36-27(4,5)6/h1,8-14,18,23,32H,15-16H2,2-6H3,(H,29,35)(H,30,33). The number of rotatable bonds is 8. The third-order valence-corrected chi connectivity index (χ3v) is 5.48. The lowest BCUT2D eigenvalue weighted by atomic mass is 9.97. The Morgan fingerprint density at radius 3 is 2.42 bits per heavy atom. The number of terminal acetylenes is 1. The lowest BCUT2D eigenvalue weighted by Gasteiger charge is -2.33. The Morgan fingerprint density at radius 2 is 1.83 bits per heavy atom. The molecule has 36 heavy (non-hydrogen) atoms. The van der Waals surface area contributed by atoms with Crippen LogP contribution >= 0.6 is 11.6 Å². The Labute approximate surface area is 217 Å². The second-order valence-electron chi connectivity index (χ2n) is 9.18. The summed E-state index contributed by atoms with van der Waals surface area (Å²) in [7, 11) is 0. The number of ether oxygens (including phenoxy) is 1. The van der Waals surface area contributed by atoms with Crippen LogP contribution < -0.4 is 10.6 Å². The van der Waals surface area contributed by atoms with E-state index in [0.29, 0.717) is 21.8 Å². The van der Waals surface area contributed by atoms with E-state index >= 15 is 0 Å². The van der Waals surface area contributed by atoms with E-state index in [9.17, 15) is 19.5 Å². The second kappa shape index (κ2) is 12.4. The zero-order chi connectivity index (χ0) is 27.0. The summed E-state index contributed by atoms with van der Waals surface area (Å²) in [5.41, 5.74) is 1.13. The highest BCUT2D eigenvalue weighted by Gasteiger charge is 2.36. The molecule has 8 nitrogen and oxygen atoms in total. The Morgan fingerprint density at radius 1 is 1.17 bits per heavy atom. The number of alkyl carbamates (subject to hydrolysis) is 1. The van der Waals surface area contributed by atoms with Gasteiger partial charge in [0.1, 0.15) is 17.7 Å². The van der Waals surface area contributed by atoms with Gasteiger partial charge in [-0.15, -0.1) is 6.42 Å². The number of para-hydroxylation sites is 1. The minimum atomic E-state index is -1.23. The largest absolute Gasteiger partial charge is 0.444 e. The summed E-state index contributed by atoms with van der Waals surface area (Å²) in [5.74, 6) is 1.35. The van der Waals surface area contributed by atoms with Crippen LogP contribution in [0.5, 0.6) is 0 Å².